The first-order chi connectivity index (χ1) is 8.81. The molecule has 0 aromatic rings. The Bertz CT molecular complexity index is 259. The third-order valence-electron chi connectivity index (χ3n) is 4.06. The molecule has 4 nitrogen and oxygen atoms in total. The molecule has 0 radical (unpaired) electrons. The Labute approximate surface area is 110 Å². The zero-order chi connectivity index (χ0) is 12.8. The average Bonchev–Trinajstić information content (AvgIpc) is 2.90. The van der Waals surface area contributed by atoms with Crippen LogP contribution in [-0.4, -0.2) is 49.7 Å². The molecule has 2 saturated heterocycles. The fourth-order valence-electron chi connectivity index (χ4n) is 2.97. The number of ether oxygens (including phenoxy) is 1. The summed E-state index contributed by atoms with van der Waals surface area (Å²) in [6.45, 7) is 6.74. The quantitative estimate of drug-likeness (QED) is 0.806. The van der Waals surface area contributed by atoms with E-state index >= 15 is 0 Å². The molecule has 4 heteroatoms. The van der Waals surface area contributed by atoms with Gasteiger partial charge in [0, 0.05) is 38.8 Å². The second-order valence-electron chi connectivity index (χ2n) is 5.49. The van der Waals surface area contributed by atoms with E-state index in [1.807, 2.05) is 0 Å². The third kappa shape index (κ3) is 3.69. The van der Waals surface area contributed by atoms with Crippen molar-refractivity contribution in [2.75, 3.05) is 32.8 Å². The van der Waals surface area contributed by atoms with Gasteiger partial charge in [0.25, 0.3) is 0 Å². The molecule has 104 valence electrons. The average molecular weight is 254 g/mol. The van der Waals surface area contributed by atoms with E-state index in [9.17, 15) is 4.79 Å². The highest BCUT2D eigenvalue weighted by atomic mass is 16.5. The summed E-state index contributed by atoms with van der Waals surface area (Å²) in [4.78, 5) is 14.6. The van der Waals surface area contributed by atoms with Crippen LogP contribution in [0.1, 0.15) is 39.0 Å². The molecular weight excluding hydrogens is 228 g/mol. The number of hydrogen-bond acceptors (Lipinski definition) is 3. The van der Waals surface area contributed by atoms with Crippen LogP contribution in [0.15, 0.2) is 0 Å². The second-order valence-corrected chi connectivity index (χ2v) is 5.49. The van der Waals surface area contributed by atoms with Gasteiger partial charge in [0.1, 0.15) is 0 Å². The monoisotopic (exact) mass is 254 g/mol. The summed E-state index contributed by atoms with van der Waals surface area (Å²) in [6.07, 6.45) is 4.98. The highest BCUT2D eigenvalue weighted by molar-refractivity contribution is 5.76. The lowest BCUT2D eigenvalue weighted by atomic mass is 9.95. The number of nitrogens with zero attached hydrogens (tertiary/aromatic N) is 1. The van der Waals surface area contributed by atoms with Gasteiger partial charge in [-0.25, -0.2) is 0 Å². The van der Waals surface area contributed by atoms with E-state index in [2.05, 4.69) is 17.1 Å². The largest absolute Gasteiger partial charge is 0.381 e. The van der Waals surface area contributed by atoms with Crippen LogP contribution in [0.4, 0.5) is 0 Å². The van der Waals surface area contributed by atoms with Gasteiger partial charge in [0.15, 0.2) is 0 Å². The predicted octanol–water partition coefficient (Wildman–Crippen LogP) is 1.40. The molecule has 0 bridgehead atoms. The van der Waals surface area contributed by atoms with Crippen LogP contribution >= 0.6 is 0 Å². The van der Waals surface area contributed by atoms with Crippen LogP contribution in [0, 0.1) is 5.92 Å². The van der Waals surface area contributed by atoms with Crippen molar-refractivity contribution in [3.63, 3.8) is 0 Å². The Hall–Kier alpha value is -0.610. The van der Waals surface area contributed by atoms with Gasteiger partial charge in [-0.3, -0.25) is 4.79 Å². The van der Waals surface area contributed by atoms with Crippen LogP contribution in [0.2, 0.25) is 0 Å². The lowest BCUT2D eigenvalue weighted by Gasteiger charge is -2.31. The number of nitrogens with one attached hydrogen (secondary N) is 1. The fourth-order valence-corrected chi connectivity index (χ4v) is 2.97. The summed E-state index contributed by atoms with van der Waals surface area (Å²) in [5.74, 6) is 0.900. The Balaban J connectivity index is 1.85. The van der Waals surface area contributed by atoms with E-state index in [1.54, 1.807) is 0 Å². The van der Waals surface area contributed by atoms with E-state index in [1.165, 1.54) is 0 Å². The van der Waals surface area contributed by atoms with Crippen molar-refractivity contribution in [3.8, 4) is 0 Å². The smallest absolute Gasteiger partial charge is 0.223 e. The summed E-state index contributed by atoms with van der Waals surface area (Å²) >= 11 is 0. The molecule has 0 saturated carbocycles. The summed E-state index contributed by atoms with van der Waals surface area (Å²) in [5.41, 5.74) is 0. The summed E-state index contributed by atoms with van der Waals surface area (Å²) in [6, 6.07) is 0.428. The van der Waals surface area contributed by atoms with Crippen molar-refractivity contribution in [2.24, 2.45) is 5.92 Å². The van der Waals surface area contributed by atoms with Crippen molar-refractivity contribution < 1.29 is 9.53 Å². The predicted molar refractivity (Wildman–Crippen MR) is 71.4 cm³/mol. The van der Waals surface area contributed by atoms with Crippen LogP contribution in [0.25, 0.3) is 0 Å². The van der Waals surface area contributed by atoms with Crippen molar-refractivity contribution in [3.05, 3.63) is 0 Å². The van der Waals surface area contributed by atoms with Gasteiger partial charge in [-0.15, -0.1) is 0 Å². The van der Waals surface area contributed by atoms with E-state index in [0.29, 0.717) is 17.9 Å². The lowest BCUT2D eigenvalue weighted by molar-refractivity contribution is -0.135. The standard InChI is InChI=1S/C14H26N2O2/c1-2-7-16(13-3-6-15-11-13)14(17)10-12-4-8-18-9-5-12/h12-13,15H,2-11H2,1H3. The number of amides is 1. The van der Waals surface area contributed by atoms with Crippen molar-refractivity contribution >= 4 is 5.91 Å². The van der Waals surface area contributed by atoms with Crippen LogP contribution < -0.4 is 5.32 Å². The minimum atomic E-state index is 0.359. The molecule has 1 unspecified atom stereocenters. The zero-order valence-corrected chi connectivity index (χ0v) is 11.5. The molecule has 1 amide bonds. The first-order valence-electron chi connectivity index (χ1n) is 7.39. The highest BCUT2D eigenvalue weighted by Crippen LogP contribution is 2.21. The minimum absolute atomic E-state index is 0.359. The third-order valence-corrected chi connectivity index (χ3v) is 4.06. The van der Waals surface area contributed by atoms with Crippen molar-refractivity contribution in [1.82, 2.24) is 10.2 Å². The first-order valence-corrected chi connectivity index (χ1v) is 7.39. The Morgan fingerprint density at radius 2 is 2.11 bits per heavy atom. The van der Waals surface area contributed by atoms with E-state index in [-0.39, 0.29) is 0 Å². The number of carbonyl (C=O) groups excluding carboxylic acids is 1. The van der Waals surface area contributed by atoms with E-state index in [0.717, 1.165) is 65.0 Å². The second kappa shape index (κ2) is 7.10. The Morgan fingerprint density at radius 3 is 2.72 bits per heavy atom. The van der Waals surface area contributed by atoms with Gasteiger partial charge < -0.3 is 15.0 Å². The maximum atomic E-state index is 12.4. The molecule has 1 N–H and O–H groups in total. The molecule has 0 spiro atoms. The fraction of sp³-hybridized carbons (Fsp3) is 0.929. The Morgan fingerprint density at radius 1 is 1.33 bits per heavy atom. The van der Waals surface area contributed by atoms with E-state index in [4.69, 9.17) is 4.74 Å². The van der Waals surface area contributed by atoms with Crippen molar-refractivity contribution in [1.29, 1.82) is 0 Å². The molecule has 1 atom stereocenters. The molecular formula is C14H26N2O2. The van der Waals surface area contributed by atoms with E-state index < -0.39 is 0 Å². The number of carbonyl (C=O) groups is 1. The maximum absolute atomic E-state index is 12.4. The molecule has 2 heterocycles. The maximum Gasteiger partial charge on any atom is 0.223 e. The topological polar surface area (TPSA) is 41.6 Å². The molecule has 2 aliphatic heterocycles. The van der Waals surface area contributed by atoms with Gasteiger partial charge in [-0.05, 0) is 38.1 Å². The Kier molecular flexibility index (Phi) is 5.45. The molecule has 2 fully saturated rings. The minimum Gasteiger partial charge on any atom is -0.381 e. The SMILES string of the molecule is CCCN(C(=O)CC1CCOCC1)C1CCNC1. The van der Waals surface area contributed by atoms with Crippen molar-refractivity contribution in [2.45, 2.75) is 45.1 Å². The molecule has 2 rings (SSSR count). The number of hydrogen-bond donors (Lipinski definition) is 1. The highest BCUT2D eigenvalue weighted by Gasteiger charge is 2.27. The van der Waals surface area contributed by atoms with Crippen LogP contribution in [0.5, 0.6) is 0 Å². The van der Waals surface area contributed by atoms with Gasteiger partial charge >= 0.3 is 0 Å². The molecule has 0 aromatic heterocycles. The van der Waals surface area contributed by atoms with Gasteiger partial charge in [0.2, 0.25) is 5.91 Å². The van der Waals surface area contributed by atoms with Gasteiger partial charge in [-0.1, -0.05) is 6.92 Å². The molecule has 0 aliphatic carbocycles. The summed E-state index contributed by atoms with van der Waals surface area (Å²) < 4.78 is 5.35. The molecule has 2 aliphatic rings. The van der Waals surface area contributed by atoms with Crippen LogP contribution in [0.3, 0.4) is 0 Å². The molecule has 18 heavy (non-hydrogen) atoms. The van der Waals surface area contributed by atoms with Crippen LogP contribution in [-0.2, 0) is 9.53 Å². The molecule has 0 aromatic carbocycles. The van der Waals surface area contributed by atoms with Gasteiger partial charge in [0.05, 0.1) is 0 Å². The zero-order valence-electron chi connectivity index (χ0n) is 11.5. The summed E-state index contributed by atoms with van der Waals surface area (Å²) in [7, 11) is 0. The van der Waals surface area contributed by atoms with Gasteiger partial charge in [-0.2, -0.15) is 0 Å². The first kappa shape index (κ1) is 13.8. The summed E-state index contributed by atoms with van der Waals surface area (Å²) in [5, 5.41) is 3.36. The normalized spacial score (nSPS) is 25.3. The number of rotatable bonds is 5. The lowest BCUT2D eigenvalue weighted by Crippen LogP contribution is -2.43.